The van der Waals surface area contributed by atoms with Gasteiger partial charge in [0, 0.05) is 31.1 Å². The predicted octanol–water partition coefficient (Wildman–Crippen LogP) is 3.19. The van der Waals surface area contributed by atoms with Crippen molar-refractivity contribution in [3.05, 3.63) is 48.2 Å². The van der Waals surface area contributed by atoms with Crippen molar-refractivity contribution in [2.45, 2.75) is 62.6 Å². The van der Waals surface area contributed by atoms with Gasteiger partial charge in [-0.1, -0.05) is 0 Å². The highest BCUT2D eigenvalue weighted by atomic mass is 19.4. The number of H-pyrrole nitrogens is 1. The zero-order valence-corrected chi connectivity index (χ0v) is 20.6. The highest BCUT2D eigenvalue weighted by Crippen LogP contribution is 2.38. The molecule has 9 nitrogen and oxygen atoms in total. The van der Waals surface area contributed by atoms with E-state index < -0.39 is 23.9 Å². The van der Waals surface area contributed by atoms with E-state index in [1.807, 2.05) is 16.8 Å². The van der Waals surface area contributed by atoms with Crippen LogP contribution in [0.4, 0.5) is 19.0 Å². The minimum atomic E-state index is -4.37. The Balaban J connectivity index is 0.984. The maximum absolute atomic E-state index is 12.9. The van der Waals surface area contributed by atoms with Gasteiger partial charge in [-0.15, -0.1) is 0 Å². The van der Waals surface area contributed by atoms with Gasteiger partial charge in [-0.25, -0.2) is 15.0 Å². The van der Waals surface area contributed by atoms with E-state index in [2.05, 4.69) is 25.3 Å². The van der Waals surface area contributed by atoms with Crippen LogP contribution in [-0.4, -0.2) is 59.5 Å². The van der Waals surface area contributed by atoms with Gasteiger partial charge in [0.25, 0.3) is 0 Å². The summed E-state index contributed by atoms with van der Waals surface area (Å²) < 4.78 is 40.7. The third-order valence-electron chi connectivity index (χ3n) is 8.22. The zero-order chi connectivity index (χ0) is 26.6. The second kappa shape index (κ2) is 9.51. The van der Waals surface area contributed by atoms with Gasteiger partial charge in [-0.05, 0) is 55.9 Å². The molecule has 0 amide bonds. The Morgan fingerprint density at radius 2 is 1.92 bits per heavy atom. The summed E-state index contributed by atoms with van der Waals surface area (Å²) in [4.78, 5) is 15.8. The summed E-state index contributed by atoms with van der Waals surface area (Å²) in [5, 5.41) is 25.7. The smallest absolute Gasteiger partial charge is 0.390 e. The van der Waals surface area contributed by atoms with Gasteiger partial charge >= 0.3 is 6.18 Å². The Morgan fingerprint density at radius 1 is 1.11 bits per heavy atom. The number of aliphatic hydroxyl groups is 2. The number of hydrogen-bond acceptors (Lipinski definition) is 7. The van der Waals surface area contributed by atoms with E-state index >= 15 is 0 Å². The fourth-order valence-corrected chi connectivity index (χ4v) is 5.99. The molecular formula is C26H30F3N7O2. The minimum absolute atomic E-state index is 0.0946. The molecule has 202 valence electrons. The molecule has 0 radical (unpaired) electrons. The van der Waals surface area contributed by atoms with Crippen LogP contribution in [0, 0.1) is 11.8 Å². The Hall–Kier alpha value is -3.22. The van der Waals surface area contributed by atoms with Gasteiger partial charge in [-0.3, -0.25) is 0 Å². The number of nitrogens with two attached hydrogens (primary N) is 1. The van der Waals surface area contributed by atoms with E-state index in [-0.39, 0.29) is 12.0 Å². The SMILES string of the molecule is Nc1ncnc2c1ccn2[C@@H]1C[C@H](CNC2CC(CCc3nc4ccc(C(F)(F)F)cc4[nH]3)C2)[C@@H](O)[C@H]1O. The molecule has 6 rings (SSSR count). The monoisotopic (exact) mass is 529 g/mol. The normalized spacial score (nSPS) is 27.8. The van der Waals surface area contributed by atoms with Crippen molar-refractivity contribution < 1.29 is 23.4 Å². The quantitative estimate of drug-likeness (QED) is 0.248. The zero-order valence-electron chi connectivity index (χ0n) is 20.6. The number of nitrogen functional groups attached to an aromatic ring is 1. The van der Waals surface area contributed by atoms with Crippen LogP contribution in [0.5, 0.6) is 0 Å². The van der Waals surface area contributed by atoms with Crippen LogP contribution in [-0.2, 0) is 12.6 Å². The number of aromatic nitrogens is 5. The number of nitrogens with zero attached hydrogens (tertiary/aromatic N) is 4. The Kier molecular flexibility index (Phi) is 6.28. The summed E-state index contributed by atoms with van der Waals surface area (Å²) in [6.45, 7) is 0.605. The molecule has 2 saturated carbocycles. The maximum Gasteiger partial charge on any atom is 0.416 e. The number of alkyl halides is 3. The molecule has 2 fully saturated rings. The van der Waals surface area contributed by atoms with Gasteiger partial charge in [-0.2, -0.15) is 13.2 Å². The molecule has 4 aromatic rings. The van der Waals surface area contributed by atoms with Crippen molar-refractivity contribution in [2.24, 2.45) is 11.8 Å². The first-order valence-corrected chi connectivity index (χ1v) is 12.9. The molecule has 0 bridgehead atoms. The lowest BCUT2D eigenvalue weighted by atomic mass is 9.77. The Morgan fingerprint density at radius 3 is 2.71 bits per heavy atom. The summed E-state index contributed by atoms with van der Waals surface area (Å²) >= 11 is 0. The van der Waals surface area contributed by atoms with Crippen molar-refractivity contribution in [1.29, 1.82) is 0 Å². The summed E-state index contributed by atoms with van der Waals surface area (Å²) in [5.41, 5.74) is 6.85. The molecule has 2 aliphatic carbocycles. The number of fused-ring (bicyclic) bond motifs is 2. The minimum Gasteiger partial charge on any atom is -0.390 e. The summed E-state index contributed by atoms with van der Waals surface area (Å²) in [5.74, 6) is 1.50. The van der Waals surface area contributed by atoms with Crippen LogP contribution in [0.3, 0.4) is 0 Å². The van der Waals surface area contributed by atoms with Crippen LogP contribution in [0.25, 0.3) is 22.1 Å². The van der Waals surface area contributed by atoms with Gasteiger partial charge in [0.2, 0.25) is 0 Å². The number of aryl methyl sites for hydroxylation is 1. The lowest BCUT2D eigenvalue weighted by molar-refractivity contribution is -0.137. The van der Waals surface area contributed by atoms with Gasteiger partial charge in [0.15, 0.2) is 0 Å². The van der Waals surface area contributed by atoms with Crippen molar-refractivity contribution in [2.75, 3.05) is 12.3 Å². The molecule has 3 aromatic heterocycles. The third-order valence-corrected chi connectivity index (χ3v) is 8.22. The van der Waals surface area contributed by atoms with Crippen LogP contribution < -0.4 is 11.1 Å². The highest BCUT2D eigenvalue weighted by molar-refractivity contribution is 5.86. The molecular weight excluding hydrogens is 499 g/mol. The molecule has 4 atom stereocenters. The number of nitrogens with one attached hydrogen (secondary N) is 2. The van der Waals surface area contributed by atoms with Crippen LogP contribution >= 0.6 is 0 Å². The molecule has 0 saturated heterocycles. The number of hydrogen-bond donors (Lipinski definition) is 5. The second-order valence-corrected chi connectivity index (χ2v) is 10.7. The number of halogens is 3. The van der Waals surface area contributed by atoms with Crippen molar-refractivity contribution in [3.8, 4) is 0 Å². The standard InChI is InChI=1S/C26H30F3N7O2/c27-26(28,29)15-2-3-18-19(10-15)35-21(34-18)4-1-13-7-16(8-13)31-11-14-9-20(23(38)22(14)37)36-6-5-17-24(30)32-12-33-25(17)36/h2-3,5-6,10,12-14,16,20,22-23,31,37-38H,1,4,7-9,11H2,(H,34,35)(H2,30,32,33)/t13?,14-,16?,20-,22-,23+/m1/s1. The summed E-state index contributed by atoms with van der Waals surface area (Å²) in [6.07, 6.45) is 1.30. The van der Waals surface area contributed by atoms with E-state index in [0.717, 1.165) is 36.8 Å². The number of aliphatic hydroxyl groups excluding tert-OH is 2. The van der Waals surface area contributed by atoms with Crippen molar-refractivity contribution in [1.82, 2.24) is 29.8 Å². The lowest BCUT2D eigenvalue weighted by Gasteiger charge is -2.37. The van der Waals surface area contributed by atoms with Gasteiger partial charge in [0.1, 0.15) is 29.7 Å². The average Bonchev–Trinajstić information content (AvgIpc) is 3.54. The fourth-order valence-electron chi connectivity index (χ4n) is 5.99. The number of rotatable bonds is 7. The number of anilines is 1. The summed E-state index contributed by atoms with van der Waals surface area (Å²) in [7, 11) is 0. The van der Waals surface area contributed by atoms with E-state index in [0.29, 0.717) is 59.7 Å². The average molecular weight is 530 g/mol. The highest BCUT2D eigenvalue weighted by Gasteiger charge is 2.43. The fraction of sp³-hybridized carbons (Fsp3) is 0.500. The molecule has 0 spiro atoms. The Bertz CT molecular complexity index is 1450. The first kappa shape index (κ1) is 25.1. The van der Waals surface area contributed by atoms with Crippen LogP contribution in [0.15, 0.2) is 36.8 Å². The molecule has 0 aliphatic heterocycles. The molecule has 12 heteroatoms. The lowest BCUT2D eigenvalue weighted by Crippen LogP contribution is -2.44. The van der Waals surface area contributed by atoms with E-state index in [1.54, 1.807) is 0 Å². The van der Waals surface area contributed by atoms with Gasteiger partial charge in [0.05, 0.1) is 34.1 Å². The maximum atomic E-state index is 12.9. The largest absolute Gasteiger partial charge is 0.416 e. The molecule has 38 heavy (non-hydrogen) atoms. The van der Waals surface area contributed by atoms with Crippen LogP contribution in [0.1, 0.15) is 43.1 Å². The molecule has 0 unspecified atom stereocenters. The Labute approximate surface area is 216 Å². The van der Waals surface area contributed by atoms with Crippen molar-refractivity contribution in [3.63, 3.8) is 0 Å². The number of benzene rings is 1. The van der Waals surface area contributed by atoms with E-state index in [9.17, 15) is 23.4 Å². The second-order valence-electron chi connectivity index (χ2n) is 10.7. The summed E-state index contributed by atoms with van der Waals surface area (Å²) in [6, 6.07) is 5.44. The topological polar surface area (TPSA) is 138 Å². The van der Waals surface area contributed by atoms with E-state index in [4.69, 9.17) is 5.73 Å². The number of aromatic amines is 1. The third kappa shape index (κ3) is 4.61. The first-order chi connectivity index (χ1) is 18.2. The van der Waals surface area contributed by atoms with E-state index in [1.165, 1.54) is 12.4 Å². The number of imidazole rings is 1. The molecule has 1 aromatic carbocycles. The first-order valence-electron chi connectivity index (χ1n) is 12.9. The van der Waals surface area contributed by atoms with Crippen LogP contribution in [0.2, 0.25) is 0 Å². The molecule has 3 heterocycles. The predicted molar refractivity (Wildman–Crippen MR) is 135 cm³/mol. The van der Waals surface area contributed by atoms with Gasteiger partial charge < -0.3 is 30.8 Å². The molecule has 6 N–H and O–H groups in total. The van der Waals surface area contributed by atoms with Crippen molar-refractivity contribution >= 4 is 27.9 Å². The molecule has 2 aliphatic rings.